The molecule has 2 aliphatic rings. The average molecular weight is 387 g/mol. The lowest BCUT2D eigenvalue weighted by atomic mass is 9.86. The van der Waals surface area contributed by atoms with E-state index in [2.05, 4.69) is 10.3 Å². The maximum atomic E-state index is 13.9. The van der Waals surface area contributed by atoms with Crippen LogP contribution in [0.2, 0.25) is 0 Å². The Bertz CT molecular complexity index is 949. The Morgan fingerprint density at radius 2 is 2.25 bits per heavy atom. The van der Waals surface area contributed by atoms with Gasteiger partial charge in [-0.15, -0.1) is 0 Å². The Balaban J connectivity index is 1.43. The van der Waals surface area contributed by atoms with Crippen LogP contribution in [-0.4, -0.2) is 38.0 Å². The van der Waals surface area contributed by atoms with Crippen molar-refractivity contribution in [1.29, 1.82) is 0 Å². The van der Waals surface area contributed by atoms with Crippen LogP contribution >= 0.6 is 0 Å². The number of phenolic OH excluding ortho intramolecular Hbond substituents is 1. The molecule has 4 atom stereocenters. The molecule has 4 N–H and O–H groups in total. The highest BCUT2D eigenvalue weighted by molar-refractivity contribution is 5.52. The van der Waals surface area contributed by atoms with Crippen LogP contribution in [0.4, 0.5) is 4.39 Å². The Morgan fingerprint density at radius 1 is 1.43 bits per heavy atom. The molecule has 2 aromatic rings. The van der Waals surface area contributed by atoms with Gasteiger partial charge in [0.2, 0.25) is 0 Å². The lowest BCUT2D eigenvalue weighted by Crippen LogP contribution is -2.46. The van der Waals surface area contributed by atoms with Crippen LogP contribution in [0, 0.1) is 5.82 Å². The molecule has 0 fully saturated rings. The molecule has 0 spiro atoms. The van der Waals surface area contributed by atoms with Gasteiger partial charge in [-0.05, 0) is 50.3 Å². The summed E-state index contributed by atoms with van der Waals surface area (Å²) in [4.78, 5) is 15.1. The second-order valence-electron chi connectivity index (χ2n) is 7.89. The Labute approximate surface area is 162 Å². The fourth-order valence-electron chi connectivity index (χ4n) is 4.46. The SMILES string of the molecule is CC(CCc1ccc(O)cc1F)NC1CCn2c3c([nH]c2=O)C=CCC3C1O. The number of nitrogens with one attached hydrogen (secondary N) is 2. The number of H-pyrrole nitrogens is 1. The van der Waals surface area contributed by atoms with Gasteiger partial charge in [0.15, 0.2) is 0 Å². The van der Waals surface area contributed by atoms with Gasteiger partial charge in [-0.3, -0.25) is 4.57 Å². The van der Waals surface area contributed by atoms with Gasteiger partial charge in [-0.25, -0.2) is 9.18 Å². The number of nitrogens with zero attached hydrogens (tertiary/aromatic N) is 1. The van der Waals surface area contributed by atoms with Crippen LogP contribution in [0.25, 0.3) is 6.08 Å². The van der Waals surface area contributed by atoms with E-state index < -0.39 is 11.9 Å². The standard InChI is InChI=1S/C21H26FN3O3/c1-12(5-6-13-7-8-14(26)11-16(13)22)23-18-9-10-25-19-15(20(18)27)3-2-4-17(19)24-21(25)28/h2,4,7-8,11-12,15,18,20,23,26-27H,3,5-6,9-10H2,1H3,(H,24,28). The normalized spacial score (nSPS) is 24.6. The monoisotopic (exact) mass is 387 g/mol. The van der Waals surface area contributed by atoms with Gasteiger partial charge in [-0.2, -0.15) is 0 Å². The molecule has 6 nitrogen and oxygen atoms in total. The molecule has 1 aromatic heterocycles. The van der Waals surface area contributed by atoms with Crippen molar-refractivity contribution in [2.75, 3.05) is 0 Å². The molecule has 1 aliphatic carbocycles. The molecule has 150 valence electrons. The van der Waals surface area contributed by atoms with Gasteiger partial charge in [0.05, 0.1) is 17.5 Å². The third-order valence-electron chi connectivity index (χ3n) is 5.95. The minimum Gasteiger partial charge on any atom is -0.508 e. The molecular formula is C21H26FN3O3. The van der Waals surface area contributed by atoms with Crippen LogP contribution in [0.5, 0.6) is 5.75 Å². The summed E-state index contributed by atoms with van der Waals surface area (Å²) in [5.74, 6) is -0.587. The zero-order chi connectivity index (χ0) is 19.8. The van der Waals surface area contributed by atoms with Crippen LogP contribution in [0.3, 0.4) is 0 Å². The maximum Gasteiger partial charge on any atom is 0.326 e. The number of hydrogen-bond donors (Lipinski definition) is 4. The van der Waals surface area contributed by atoms with Gasteiger partial charge in [0.1, 0.15) is 11.6 Å². The highest BCUT2D eigenvalue weighted by Crippen LogP contribution is 2.35. The van der Waals surface area contributed by atoms with E-state index in [1.807, 2.05) is 19.1 Å². The van der Waals surface area contributed by atoms with Crippen molar-refractivity contribution < 1.29 is 14.6 Å². The minimum atomic E-state index is -0.597. The number of rotatable bonds is 5. The topological polar surface area (TPSA) is 90.3 Å². The fraction of sp³-hybridized carbons (Fsp3) is 0.476. The Hall–Kier alpha value is -2.38. The lowest BCUT2D eigenvalue weighted by Gasteiger charge is -2.31. The first kappa shape index (κ1) is 19.0. The quantitative estimate of drug-likeness (QED) is 0.634. The van der Waals surface area contributed by atoms with Crippen molar-refractivity contribution in [3.8, 4) is 5.75 Å². The molecule has 0 saturated heterocycles. The first-order valence-electron chi connectivity index (χ1n) is 9.84. The summed E-state index contributed by atoms with van der Waals surface area (Å²) in [5, 5.41) is 23.8. The summed E-state index contributed by atoms with van der Waals surface area (Å²) in [6, 6.07) is 4.16. The van der Waals surface area contributed by atoms with Crippen molar-refractivity contribution in [2.24, 2.45) is 0 Å². The number of hydrogen-bond acceptors (Lipinski definition) is 4. The van der Waals surface area contributed by atoms with E-state index in [0.717, 1.165) is 17.5 Å². The molecule has 0 bridgehead atoms. The number of benzene rings is 1. The van der Waals surface area contributed by atoms with Crippen LogP contribution in [0.15, 0.2) is 29.1 Å². The highest BCUT2D eigenvalue weighted by Gasteiger charge is 2.37. The second-order valence-corrected chi connectivity index (χ2v) is 7.89. The fourth-order valence-corrected chi connectivity index (χ4v) is 4.46. The molecule has 1 aliphatic heterocycles. The number of halogens is 1. The molecule has 1 aromatic carbocycles. The third kappa shape index (κ3) is 3.52. The van der Waals surface area contributed by atoms with E-state index in [4.69, 9.17) is 0 Å². The summed E-state index contributed by atoms with van der Waals surface area (Å²) in [5.41, 5.74) is 2.16. The number of aromatic nitrogens is 2. The summed E-state index contributed by atoms with van der Waals surface area (Å²) in [6.07, 6.45) is 5.92. The molecular weight excluding hydrogens is 361 g/mol. The van der Waals surface area contributed by atoms with E-state index in [-0.39, 0.29) is 29.4 Å². The molecule has 4 unspecified atom stereocenters. The third-order valence-corrected chi connectivity index (χ3v) is 5.95. The maximum absolute atomic E-state index is 13.9. The zero-order valence-corrected chi connectivity index (χ0v) is 15.9. The first-order chi connectivity index (χ1) is 13.4. The number of aromatic hydroxyl groups is 1. The lowest BCUT2D eigenvalue weighted by molar-refractivity contribution is 0.0933. The largest absolute Gasteiger partial charge is 0.508 e. The Morgan fingerprint density at radius 3 is 3.04 bits per heavy atom. The van der Waals surface area contributed by atoms with Crippen molar-refractivity contribution >= 4 is 6.08 Å². The van der Waals surface area contributed by atoms with E-state index in [1.165, 1.54) is 6.07 Å². The first-order valence-corrected chi connectivity index (χ1v) is 9.84. The smallest absolute Gasteiger partial charge is 0.326 e. The van der Waals surface area contributed by atoms with Crippen LogP contribution < -0.4 is 11.0 Å². The highest BCUT2D eigenvalue weighted by atomic mass is 19.1. The van der Waals surface area contributed by atoms with Gasteiger partial charge in [-0.1, -0.05) is 12.1 Å². The van der Waals surface area contributed by atoms with Crippen LogP contribution in [0.1, 0.15) is 49.1 Å². The van der Waals surface area contributed by atoms with Gasteiger partial charge >= 0.3 is 5.69 Å². The molecule has 0 saturated carbocycles. The number of imidazole rings is 1. The summed E-state index contributed by atoms with van der Waals surface area (Å²) < 4.78 is 15.7. The van der Waals surface area contributed by atoms with Gasteiger partial charge in [0, 0.05) is 30.6 Å². The molecule has 0 amide bonds. The van der Waals surface area contributed by atoms with Crippen molar-refractivity contribution in [2.45, 2.75) is 63.3 Å². The van der Waals surface area contributed by atoms with Crippen molar-refractivity contribution in [3.05, 3.63) is 57.5 Å². The molecule has 2 heterocycles. The van der Waals surface area contributed by atoms with E-state index in [0.29, 0.717) is 37.8 Å². The van der Waals surface area contributed by atoms with Crippen molar-refractivity contribution in [1.82, 2.24) is 14.9 Å². The summed E-state index contributed by atoms with van der Waals surface area (Å²) in [7, 11) is 0. The predicted octanol–water partition coefficient (Wildman–Crippen LogP) is 2.27. The van der Waals surface area contributed by atoms with Crippen molar-refractivity contribution in [3.63, 3.8) is 0 Å². The zero-order valence-electron chi connectivity index (χ0n) is 15.9. The van der Waals surface area contributed by atoms with E-state index >= 15 is 0 Å². The minimum absolute atomic E-state index is 0.0715. The molecule has 0 radical (unpaired) electrons. The number of aryl methyl sites for hydroxylation is 1. The van der Waals surface area contributed by atoms with Crippen LogP contribution in [-0.2, 0) is 13.0 Å². The summed E-state index contributed by atoms with van der Waals surface area (Å²) >= 11 is 0. The van der Waals surface area contributed by atoms with E-state index in [1.54, 1.807) is 10.6 Å². The number of phenols is 1. The summed E-state index contributed by atoms with van der Waals surface area (Å²) in [6.45, 7) is 2.58. The van der Waals surface area contributed by atoms with E-state index in [9.17, 15) is 19.4 Å². The molecule has 28 heavy (non-hydrogen) atoms. The van der Waals surface area contributed by atoms with Gasteiger partial charge in [0.25, 0.3) is 0 Å². The molecule has 4 rings (SSSR count). The van der Waals surface area contributed by atoms with Gasteiger partial charge < -0.3 is 20.5 Å². The second kappa shape index (κ2) is 7.56. The Kier molecular flexibility index (Phi) is 5.12. The number of allylic oxidation sites excluding steroid dienone is 1. The average Bonchev–Trinajstić information content (AvgIpc) is 2.91. The number of aromatic amines is 1. The number of aliphatic hydroxyl groups is 1. The number of aliphatic hydroxyl groups excluding tert-OH is 1. The molecule has 7 heteroatoms. The predicted molar refractivity (Wildman–Crippen MR) is 105 cm³/mol.